The summed E-state index contributed by atoms with van der Waals surface area (Å²) in [5.74, 6) is 1.73. The lowest BCUT2D eigenvalue weighted by Gasteiger charge is -2.32. The lowest BCUT2D eigenvalue weighted by molar-refractivity contribution is 0.212. The lowest BCUT2D eigenvalue weighted by atomic mass is 9.79. The Morgan fingerprint density at radius 3 is 2.58 bits per heavy atom. The van der Waals surface area contributed by atoms with Crippen molar-refractivity contribution in [3.8, 4) is 0 Å². The third-order valence-corrected chi connectivity index (χ3v) is 3.14. The van der Waals surface area contributed by atoms with Gasteiger partial charge in [-0.25, -0.2) is 0 Å². The predicted molar refractivity (Wildman–Crippen MR) is 51.1 cm³/mol. The zero-order chi connectivity index (χ0) is 8.97. The van der Waals surface area contributed by atoms with Gasteiger partial charge in [0.2, 0.25) is 0 Å². The first-order chi connectivity index (χ1) is 5.74. The van der Waals surface area contributed by atoms with Crippen molar-refractivity contribution >= 4 is 0 Å². The Balaban J connectivity index is 2.21. The van der Waals surface area contributed by atoms with Crippen molar-refractivity contribution in [3.63, 3.8) is 0 Å². The molecule has 2 nitrogen and oxygen atoms in total. The van der Waals surface area contributed by atoms with E-state index in [-0.39, 0.29) is 6.61 Å². The molecule has 1 aliphatic carbocycles. The van der Waals surface area contributed by atoms with Crippen LogP contribution in [0, 0.1) is 11.8 Å². The van der Waals surface area contributed by atoms with Gasteiger partial charge in [0.25, 0.3) is 0 Å². The van der Waals surface area contributed by atoms with Gasteiger partial charge in [-0.1, -0.05) is 13.8 Å². The molecule has 0 amide bonds. The van der Waals surface area contributed by atoms with Crippen LogP contribution in [-0.4, -0.2) is 24.3 Å². The molecule has 12 heavy (non-hydrogen) atoms. The van der Waals surface area contributed by atoms with E-state index >= 15 is 0 Å². The van der Waals surface area contributed by atoms with Gasteiger partial charge < -0.3 is 10.4 Å². The fraction of sp³-hybridized carbons (Fsp3) is 1.00. The maximum absolute atomic E-state index is 8.65. The molecule has 0 spiro atoms. The number of hydrogen-bond donors (Lipinski definition) is 2. The largest absolute Gasteiger partial charge is 0.395 e. The molecule has 0 unspecified atom stereocenters. The van der Waals surface area contributed by atoms with E-state index in [4.69, 9.17) is 5.11 Å². The van der Waals surface area contributed by atoms with Crippen molar-refractivity contribution < 1.29 is 5.11 Å². The molecule has 0 aromatic rings. The fourth-order valence-corrected chi connectivity index (χ4v) is 2.00. The second-order valence-electron chi connectivity index (χ2n) is 4.14. The Hall–Kier alpha value is -0.0800. The predicted octanol–water partition coefficient (Wildman–Crippen LogP) is 1.39. The van der Waals surface area contributed by atoms with Crippen molar-refractivity contribution in [2.24, 2.45) is 11.8 Å². The van der Waals surface area contributed by atoms with Crippen molar-refractivity contribution in [2.45, 2.75) is 39.2 Å². The molecule has 0 aromatic heterocycles. The Kier molecular flexibility index (Phi) is 4.02. The molecule has 1 aliphatic rings. The number of aliphatic hydroxyl groups is 1. The zero-order valence-corrected chi connectivity index (χ0v) is 8.21. The molecule has 0 aliphatic heterocycles. The van der Waals surface area contributed by atoms with Crippen LogP contribution in [0.4, 0.5) is 0 Å². The number of hydrogen-bond acceptors (Lipinski definition) is 2. The highest BCUT2D eigenvalue weighted by molar-refractivity contribution is 4.79. The topological polar surface area (TPSA) is 32.3 Å². The third-order valence-electron chi connectivity index (χ3n) is 3.14. The molecule has 2 N–H and O–H groups in total. The van der Waals surface area contributed by atoms with Crippen LogP contribution in [0.15, 0.2) is 0 Å². The standard InChI is InChI=1S/C10H21NO/c1-8-3-4-10(7-9(8)2)11-5-6-12/h8-12H,3-7H2,1-2H3/t8-,9-,10-/m1/s1. The average Bonchev–Trinajstić information content (AvgIpc) is 2.07. The summed E-state index contributed by atoms with van der Waals surface area (Å²) in [5.41, 5.74) is 0. The number of rotatable bonds is 3. The van der Waals surface area contributed by atoms with Crippen LogP contribution < -0.4 is 5.32 Å². The summed E-state index contributed by atoms with van der Waals surface area (Å²) in [6, 6.07) is 0.656. The Morgan fingerprint density at radius 1 is 1.25 bits per heavy atom. The van der Waals surface area contributed by atoms with Gasteiger partial charge in [-0.05, 0) is 31.1 Å². The molecule has 1 rings (SSSR count). The molecule has 0 radical (unpaired) electrons. The van der Waals surface area contributed by atoms with Crippen molar-refractivity contribution in [2.75, 3.05) is 13.2 Å². The smallest absolute Gasteiger partial charge is 0.0556 e. The SMILES string of the molecule is C[C@@H]1CC[C@@H](NCCO)C[C@H]1C. The van der Waals surface area contributed by atoms with E-state index in [0.29, 0.717) is 6.04 Å². The third kappa shape index (κ3) is 2.76. The second kappa shape index (κ2) is 4.83. The van der Waals surface area contributed by atoms with Crippen LogP contribution in [0.3, 0.4) is 0 Å². The van der Waals surface area contributed by atoms with Gasteiger partial charge in [0.1, 0.15) is 0 Å². The van der Waals surface area contributed by atoms with Crippen molar-refractivity contribution in [3.05, 3.63) is 0 Å². The van der Waals surface area contributed by atoms with Gasteiger partial charge >= 0.3 is 0 Å². The summed E-state index contributed by atoms with van der Waals surface area (Å²) in [7, 11) is 0. The summed E-state index contributed by atoms with van der Waals surface area (Å²) >= 11 is 0. The molecule has 0 bridgehead atoms. The second-order valence-corrected chi connectivity index (χ2v) is 4.14. The van der Waals surface area contributed by atoms with E-state index in [1.165, 1.54) is 19.3 Å². The van der Waals surface area contributed by atoms with Gasteiger partial charge in [-0.3, -0.25) is 0 Å². The zero-order valence-electron chi connectivity index (χ0n) is 8.21. The van der Waals surface area contributed by atoms with Crippen LogP contribution in [-0.2, 0) is 0 Å². The average molecular weight is 171 g/mol. The Morgan fingerprint density at radius 2 is 2.00 bits per heavy atom. The van der Waals surface area contributed by atoms with Crippen LogP contribution in [0.25, 0.3) is 0 Å². The van der Waals surface area contributed by atoms with Gasteiger partial charge in [0.15, 0.2) is 0 Å². The quantitative estimate of drug-likeness (QED) is 0.672. The molecular formula is C10H21NO. The summed E-state index contributed by atoms with van der Waals surface area (Å²) in [6.45, 7) is 5.69. The van der Waals surface area contributed by atoms with E-state index in [1.807, 2.05) is 0 Å². The minimum Gasteiger partial charge on any atom is -0.395 e. The molecule has 2 heteroatoms. The summed E-state index contributed by atoms with van der Waals surface area (Å²) in [6.07, 6.45) is 3.90. The molecule has 72 valence electrons. The first-order valence-corrected chi connectivity index (χ1v) is 5.08. The molecule has 3 atom stereocenters. The molecule has 0 aromatic carbocycles. The highest BCUT2D eigenvalue weighted by Gasteiger charge is 2.23. The summed E-state index contributed by atoms with van der Waals surface area (Å²) < 4.78 is 0. The monoisotopic (exact) mass is 171 g/mol. The number of aliphatic hydroxyl groups excluding tert-OH is 1. The Bertz CT molecular complexity index is 125. The van der Waals surface area contributed by atoms with E-state index in [1.54, 1.807) is 0 Å². The maximum Gasteiger partial charge on any atom is 0.0556 e. The Labute approximate surface area is 75.4 Å². The normalized spacial score (nSPS) is 36.8. The van der Waals surface area contributed by atoms with Gasteiger partial charge in [-0.15, -0.1) is 0 Å². The molecule has 1 saturated carbocycles. The van der Waals surface area contributed by atoms with Crippen molar-refractivity contribution in [1.82, 2.24) is 5.32 Å². The number of nitrogens with one attached hydrogen (secondary N) is 1. The minimum atomic E-state index is 0.264. The highest BCUT2D eigenvalue weighted by atomic mass is 16.3. The lowest BCUT2D eigenvalue weighted by Crippen LogP contribution is -2.37. The first-order valence-electron chi connectivity index (χ1n) is 5.08. The first kappa shape index (κ1) is 10.0. The van der Waals surface area contributed by atoms with Crippen LogP contribution in [0.1, 0.15) is 33.1 Å². The van der Waals surface area contributed by atoms with E-state index in [2.05, 4.69) is 19.2 Å². The fourth-order valence-electron chi connectivity index (χ4n) is 2.00. The summed E-state index contributed by atoms with van der Waals surface area (Å²) in [4.78, 5) is 0. The molecule has 0 saturated heterocycles. The van der Waals surface area contributed by atoms with Crippen LogP contribution in [0.2, 0.25) is 0 Å². The molecular weight excluding hydrogens is 150 g/mol. The molecule has 1 fully saturated rings. The van der Waals surface area contributed by atoms with Crippen LogP contribution >= 0.6 is 0 Å². The minimum absolute atomic E-state index is 0.264. The van der Waals surface area contributed by atoms with Gasteiger partial charge in [-0.2, -0.15) is 0 Å². The van der Waals surface area contributed by atoms with E-state index in [9.17, 15) is 0 Å². The molecule has 0 heterocycles. The van der Waals surface area contributed by atoms with Crippen LogP contribution in [0.5, 0.6) is 0 Å². The van der Waals surface area contributed by atoms with E-state index < -0.39 is 0 Å². The van der Waals surface area contributed by atoms with Gasteiger partial charge in [0, 0.05) is 12.6 Å². The van der Waals surface area contributed by atoms with Gasteiger partial charge in [0.05, 0.1) is 6.61 Å². The highest BCUT2D eigenvalue weighted by Crippen LogP contribution is 2.28. The maximum atomic E-state index is 8.65. The van der Waals surface area contributed by atoms with Crippen molar-refractivity contribution in [1.29, 1.82) is 0 Å². The summed E-state index contributed by atoms with van der Waals surface area (Å²) in [5, 5.41) is 12.0. The van der Waals surface area contributed by atoms with E-state index in [0.717, 1.165) is 18.4 Å².